The Labute approximate surface area is 209 Å². The van der Waals surface area contributed by atoms with Crippen molar-refractivity contribution >= 4 is 21.6 Å². The van der Waals surface area contributed by atoms with Gasteiger partial charge in [0, 0.05) is 43.9 Å². The smallest absolute Gasteiger partial charge is 0.508 e. The first kappa shape index (κ1) is 29.2. The van der Waals surface area contributed by atoms with E-state index < -0.39 is 21.6 Å². The molecular weight excluding hydrogens is 508 g/mol. The van der Waals surface area contributed by atoms with E-state index in [9.17, 15) is 8.42 Å². The van der Waals surface area contributed by atoms with Gasteiger partial charge >= 0.3 is 26.2 Å². The Hall–Kier alpha value is -1.82. The second-order valence-corrected chi connectivity index (χ2v) is 8.67. The molecule has 2 unspecified atom stereocenters. The minimum absolute atomic E-state index is 0. The molecular formula is C24H26O4S2Zr. The SMILES string of the molecule is CS(=O)c1cccc(O)c1.CS(=O)c1cccc(O)c1.[C-]1=CC=CC1.[C-]1=CC=CC1.[Zr+2]. The molecule has 0 saturated carbocycles. The van der Waals surface area contributed by atoms with Crippen LogP contribution in [0, 0.1) is 12.2 Å². The molecule has 4 nitrogen and oxygen atoms in total. The van der Waals surface area contributed by atoms with Crippen LogP contribution in [0.5, 0.6) is 11.5 Å². The van der Waals surface area contributed by atoms with Gasteiger partial charge in [-0.15, -0.1) is 12.8 Å². The van der Waals surface area contributed by atoms with Gasteiger partial charge in [0.1, 0.15) is 11.5 Å². The molecule has 31 heavy (non-hydrogen) atoms. The molecule has 2 aliphatic carbocycles. The Kier molecular flexibility index (Phi) is 16.8. The fraction of sp³-hybridized carbons (Fsp3) is 0.167. The molecule has 2 atom stereocenters. The third kappa shape index (κ3) is 14.8. The maximum absolute atomic E-state index is 10.8. The summed E-state index contributed by atoms with van der Waals surface area (Å²) in [4.78, 5) is 1.31. The number of aromatic hydroxyl groups is 2. The molecule has 0 aromatic heterocycles. The van der Waals surface area contributed by atoms with Crippen molar-refractivity contribution in [1.29, 1.82) is 0 Å². The average Bonchev–Trinajstić information content (AvgIpc) is 3.47. The van der Waals surface area contributed by atoms with Gasteiger partial charge in [0.25, 0.3) is 0 Å². The Morgan fingerprint density at radius 3 is 1.29 bits per heavy atom. The largest absolute Gasteiger partial charge is 2.00 e. The van der Waals surface area contributed by atoms with Crippen molar-refractivity contribution in [2.75, 3.05) is 12.5 Å². The number of hydrogen-bond donors (Lipinski definition) is 2. The van der Waals surface area contributed by atoms with Crippen LogP contribution in [0.15, 0.2) is 94.8 Å². The summed E-state index contributed by atoms with van der Waals surface area (Å²) in [6.07, 6.45) is 23.2. The van der Waals surface area contributed by atoms with Crippen molar-refractivity contribution in [3.05, 3.63) is 97.1 Å². The molecule has 4 rings (SSSR count). The second-order valence-electron chi connectivity index (χ2n) is 5.91. The zero-order valence-corrected chi connectivity index (χ0v) is 21.6. The van der Waals surface area contributed by atoms with Crippen LogP contribution < -0.4 is 0 Å². The van der Waals surface area contributed by atoms with E-state index in [1.54, 1.807) is 48.9 Å². The molecule has 0 spiro atoms. The first-order valence-corrected chi connectivity index (χ1v) is 12.2. The van der Waals surface area contributed by atoms with Gasteiger partial charge in [0.15, 0.2) is 0 Å². The molecule has 2 aromatic rings. The molecule has 0 aliphatic heterocycles. The standard InChI is InChI=1S/2C7H8O2S.2C5H5.Zr/c2*1-10(9)7-4-2-3-6(8)5-7;2*1-2-4-5-3-1;/h2*2-5,8H,1H3;2*1-3H,4H2;/q;;2*-1;+2. The summed E-state index contributed by atoms with van der Waals surface area (Å²) < 4.78 is 21.6. The molecule has 162 valence electrons. The van der Waals surface area contributed by atoms with E-state index in [1.807, 2.05) is 24.3 Å². The summed E-state index contributed by atoms with van der Waals surface area (Å²) in [7, 11) is -2.00. The third-order valence-electron chi connectivity index (χ3n) is 3.47. The van der Waals surface area contributed by atoms with Crippen LogP contribution in [-0.2, 0) is 47.8 Å². The van der Waals surface area contributed by atoms with Crippen molar-refractivity contribution < 1.29 is 44.8 Å². The van der Waals surface area contributed by atoms with Crippen LogP contribution in [0.1, 0.15) is 12.8 Å². The van der Waals surface area contributed by atoms with Crippen molar-refractivity contribution in [2.24, 2.45) is 0 Å². The van der Waals surface area contributed by atoms with E-state index in [1.165, 1.54) is 12.1 Å². The number of benzene rings is 2. The van der Waals surface area contributed by atoms with Gasteiger partial charge < -0.3 is 10.2 Å². The first-order chi connectivity index (χ1) is 14.4. The molecule has 0 radical (unpaired) electrons. The molecule has 2 N–H and O–H groups in total. The van der Waals surface area contributed by atoms with E-state index in [0.717, 1.165) is 12.8 Å². The molecule has 0 fully saturated rings. The molecule has 2 aromatic carbocycles. The van der Waals surface area contributed by atoms with Crippen LogP contribution in [0.25, 0.3) is 0 Å². The van der Waals surface area contributed by atoms with Gasteiger partial charge in [-0.05, 0) is 36.4 Å². The van der Waals surface area contributed by atoms with Gasteiger partial charge in [0.05, 0.1) is 0 Å². The van der Waals surface area contributed by atoms with Gasteiger partial charge in [-0.2, -0.15) is 12.2 Å². The summed E-state index contributed by atoms with van der Waals surface area (Å²) in [5.41, 5.74) is 0. The quantitative estimate of drug-likeness (QED) is 0.540. The molecule has 7 heteroatoms. The van der Waals surface area contributed by atoms with E-state index in [2.05, 4.69) is 24.3 Å². The first-order valence-electron chi connectivity index (χ1n) is 9.08. The average molecular weight is 534 g/mol. The van der Waals surface area contributed by atoms with E-state index in [0.29, 0.717) is 9.79 Å². The van der Waals surface area contributed by atoms with Crippen molar-refractivity contribution in [2.45, 2.75) is 22.6 Å². The minimum atomic E-state index is -0.999. The predicted octanol–water partition coefficient (Wildman–Crippen LogP) is 4.87. The topological polar surface area (TPSA) is 74.6 Å². The van der Waals surface area contributed by atoms with Gasteiger partial charge in [-0.1, -0.05) is 12.1 Å². The van der Waals surface area contributed by atoms with E-state index in [-0.39, 0.29) is 37.7 Å². The summed E-state index contributed by atoms with van der Waals surface area (Å²) >= 11 is 0. The number of phenolic OH excluding ortho intramolecular Hbond substituents is 2. The van der Waals surface area contributed by atoms with Gasteiger partial charge in [-0.3, -0.25) is 20.6 Å². The molecule has 0 heterocycles. The number of allylic oxidation sites excluding steroid dienone is 8. The molecule has 0 saturated heterocycles. The van der Waals surface area contributed by atoms with Crippen molar-refractivity contribution in [1.82, 2.24) is 0 Å². The Morgan fingerprint density at radius 2 is 1.13 bits per heavy atom. The number of hydrogen-bond acceptors (Lipinski definition) is 4. The van der Waals surface area contributed by atoms with Crippen molar-refractivity contribution in [3.8, 4) is 11.5 Å². The second kappa shape index (κ2) is 17.8. The Bertz CT molecular complexity index is 853. The van der Waals surface area contributed by atoms with E-state index >= 15 is 0 Å². The van der Waals surface area contributed by atoms with Crippen molar-refractivity contribution in [3.63, 3.8) is 0 Å². The van der Waals surface area contributed by atoms with Gasteiger partial charge in [0.2, 0.25) is 0 Å². The van der Waals surface area contributed by atoms with Crippen LogP contribution in [0.2, 0.25) is 0 Å². The normalized spacial score (nSPS) is 14.0. The summed E-state index contributed by atoms with van der Waals surface area (Å²) in [6, 6.07) is 12.9. The third-order valence-corrected chi connectivity index (χ3v) is 5.31. The molecule has 2 aliphatic rings. The van der Waals surface area contributed by atoms with Crippen LogP contribution in [0.4, 0.5) is 0 Å². The minimum Gasteiger partial charge on any atom is -0.508 e. The van der Waals surface area contributed by atoms with E-state index in [4.69, 9.17) is 10.2 Å². The maximum Gasteiger partial charge on any atom is 2.00 e. The summed E-state index contributed by atoms with van der Waals surface area (Å²) in [5, 5.41) is 17.9. The monoisotopic (exact) mass is 532 g/mol. The Balaban J connectivity index is 0.000000401. The molecule has 0 bridgehead atoms. The van der Waals surface area contributed by atoms with Gasteiger partial charge in [-0.25, -0.2) is 24.3 Å². The maximum atomic E-state index is 10.8. The summed E-state index contributed by atoms with van der Waals surface area (Å²) in [6.45, 7) is 0. The van der Waals surface area contributed by atoms with Crippen LogP contribution in [-0.4, -0.2) is 31.1 Å². The van der Waals surface area contributed by atoms with Crippen LogP contribution >= 0.6 is 0 Å². The van der Waals surface area contributed by atoms with Crippen LogP contribution in [0.3, 0.4) is 0 Å². The fourth-order valence-corrected chi connectivity index (χ4v) is 3.12. The zero-order chi connectivity index (χ0) is 22.2. The number of phenols is 2. The predicted molar refractivity (Wildman–Crippen MR) is 124 cm³/mol. The summed E-state index contributed by atoms with van der Waals surface area (Å²) in [5.74, 6) is 0.320. The zero-order valence-electron chi connectivity index (χ0n) is 17.5. The fourth-order valence-electron chi connectivity index (χ4n) is 2.01. The number of rotatable bonds is 2. The molecule has 0 amide bonds. The Morgan fingerprint density at radius 1 is 0.742 bits per heavy atom.